The predicted molar refractivity (Wildman–Crippen MR) is 134 cm³/mol. The molecule has 2 aromatic carbocycles. The number of aromatic nitrogens is 4. The second kappa shape index (κ2) is 10.3. The lowest BCUT2D eigenvalue weighted by Gasteiger charge is -2.10. The number of hydrogen-bond donors (Lipinski definition) is 1. The molecule has 3 heterocycles. The third-order valence-electron chi connectivity index (χ3n) is 5.30. The van der Waals surface area contributed by atoms with E-state index in [1.54, 1.807) is 71.6 Å². The number of nitrogens with zero attached hydrogens (tertiary/aromatic N) is 4. The van der Waals surface area contributed by atoms with E-state index in [9.17, 15) is 4.79 Å². The Morgan fingerprint density at radius 2 is 1.83 bits per heavy atom. The van der Waals surface area contributed by atoms with Gasteiger partial charge < -0.3 is 19.0 Å². The van der Waals surface area contributed by atoms with Gasteiger partial charge in [0.1, 0.15) is 12.0 Å². The number of benzene rings is 2. The molecule has 36 heavy (non-hydrogen) atoms. The Labute approximate surface area is 210 Å². The zero-order valence-corrected chi connectivity index (χ0v) is 19.8. The summed E-state index contributed by atoms with van der Waals surface area (Å²) in [6.45, 7) is 0.288. The minimum absolute atomic E-state index is 0.222. The summed E-state index contributed by atoms with van der Waals surface area (Å²) in [6, 6.07) is 19.5. The van der Waals surface area contributed by atoms with Gasteiger partial charge in [-0.15, -0.1) is 0 Å². The van der Waals surface area contributed by atoms with Crippen LogP contribution in [0.1, 0.15) is 5.56 Å². The summed E-state index contributed by atoms with van der Waals surface area (Å²) in [7, 11) is 1.54. The first-order valence-corrected chi connectivity index (χ1v) is 11.3. The van der Waals surface area contributed by atoms with Crippen LogP contribution in [-0.4, -0.2) is 26.8 Å². The summed E-state index contributed by atoms with van der Waals surface area (Å²) in [5.41, 5.74) is 2.79. The number of aromatic amines is 1. The Morgan fingerprint density at radius 1 is 1.03 bits per heavy atom. The zero-order valence-electron chi connectivity index (χ0n) is 19.1. The van der Waals surface area contributed by atoms with Crippen molar-refractivity contribution < 1.29 is 14.0 Å². The van der Waals surface area contributed by atoms with Crippen LogP contribution in [0.4, 0.5) is 5.69 Å². The number of ether oxygens (including phenoxy) is 2. The van der Waals surface area contributed by atoms with Gasteiger partial charge >= 0.3 is 0 Å². The molecule has 0 amide bonds. The van der Waals surface area contributed by atoms with Gasteiger partial charge in [-0.2, -0.15) is 0 Å². The summed E-state index contributed by atoms with van der Waals surface area (Å²) < 4.78 is 17.1. The third-order valence-corrected chi connectivity index (χ3v) is 5.55. The van der Waals surface area contributed by atoms with Crippen LogP contribution in [0.5, 0.6) is 17.5 Å². The van der Waals surface area contributed by atoms with Gasteiger partial charge in [0.2, 0.25) is 11.5 Å². The molecule has 0 saturated carbocycles. The second-order valence-corrected chi connectivity index (χ2v) is 8.11. The first-order chi connectivity index (χ1) is 17.6. The summed E-state index contributed by atoms with van der Waals surface area (Å²) in [4.78, 5) is 25.7. The third kappa shape index (κ3) is 5.21. The van der Waals surface area contributed by atoms with E-state index in [4.69, 9.17) is 25.6 Å². The van der Waals surface area contributed by atoms with Crippen LogP contribution in [-0.2, 0) is 6.54 Å². The molecule has 0 unspecified atom stereocenters. The van der Waals surface area contributed by atoms with Gasteiger partial charge in [-0.3, -0.25) is 9.36 Å². The highest BCUT2D eigenvalue weighted by Gasteiger charge is 2.11. The molecule has 0 radical (unpaired) electrons. The highest BCUT2D eigenvalue weighted by Crippen LogP contribution is 2.22. The highest BCUT2D eigenvalue weighted by atomic mass is 35.5. The number of rotatable bonds is 7. The maximum absolute atomic E-state index is 13.6. The maximum atomic E-state index is 13.6. The van der Waals surface area contributed by atoms with Crippen molar-refractivity contribution in [2.75, 3.05) is 7.11 Å². The van der Waals surface area contributed by atoms with Crippen LogP contribution in [0, 0.1) is 0 Å². The van der Waals surface area contributed by atoms with Crippen molar-refractivity contribution in [1.82, 2.24) is 19.7 Å². The molecule has 0 fully saturated rings. The van der Waals surface area contributed by atoms with Gasteiger partial charge in [0.05, 0.1) is 24.9 Å². The van der Waals surface area contributed by atoms with E-state index in [1.165, 1.54) is 13.4 Å². The number of halogens is 1. The number of hydrogen-bond acceptors (Lipinski definition) is 7. The molecular formula is C26H20ClN5O4. The predicted octanol–water partition coefficient (Wildman–Crippen LogP) is 4.96. The molecule has 5 rings (SSSR count). The quantitative estimate of drug-likeness (QED) is 0.337. The van der Waals surface area contributed by atoms with E-state index in [0.717, 1.165) is 5.56 Å². The monoisotopic (exact) mass is 501 g/mol. The van der Waals surface area contributed by atoms with E-state index in [0.29, 0.717) is 45.0 Å². The van der Waals surface area contributed by atoms with Crippen LogP contribution in [0.15, 0.2) is 99.7 Å². The van der Waals surface area contributed by atoms with E-state index in [-0.39, 0.29) is 12.1 Å². The van der Waals surface area contributed by atoms with Gasteiger partial charge in [-0.25, -0.2) is 9.98 Å². The second-order valence-electron chi connectivity index (χ2n) is 7.68. The Hall–Kier alpha value is -4.63. The number of nitrogens with one attached hydrogen (secondary N) is 1. The van der Waals surface area contributed by atoms with Crippen molar-refractivity contribution >= 4 is 17.3 Å². The number of H-pyrrole nitrogens is 1. The molecule has 1 N–H and O–H groups in total. The number of pyridine rings is 1. The van der Waals surface area contributed by atoms with Crippen molar-refractivity contribution in [1.29, 1.82) is 0 Å². The standard InChI is InChI=1S/C26H20ClN5O4/c1-34-23-11-4-18(14-28-23)22-15-29-26(32(25(22)33)16-17-2-5-19(27)6-3-17)30-20-7-9-21(10-8-20)36-24-12-13-35-31-24/h2-15H,16H2,1H3,(H,29,30). The molecule has 0 saturated heterocycles. The zero-order chi connectivity index (χ0) is 24.9. The summed E-state index contributed by atoms with van der Waals surface area (Å²) >= 11 is 6.04. The Balaban J connectivity index is 1.54. The summed E-state index contributed by atoms with van der Waals surface area (Å²) in [6.07, 6.45) is 4.66. The van der Waals surface area contributed by atoms with E-state index in [2.05, 4.69) is 20.1 Å². The molecule has 0 spiro atoms. The van der Waals surface area contributed by atoms with Crippen molar-refractivity contribution in [3.8, 4) is 28.6 Å². The Kier molecular flexibility index (Phi) is 6.63. The molecule has 10 heteroatoms. The van der Waals surface area contributed by atoms with E-state index >= 15 is 0 Å². The van der Waals surface area contributed by atoms with Crippen molar-refractivity contribution in [3.05, 3.63) is 112 Å². The van der Waals surface area contributed by atoms with Gasteiger partial charge in [0.25, 0.3) is 11.4 Å². The van der Waals surface area contributed by atoms with Crippen LogP contribution >= 0.6 is 11.6 Å². The van der Waals surface area contributed by atoms with Crippen LogP contribution in [0.3, 0.4) is 0 Å². The normalized spacial score (nSPS) is 11.4. The lowest BCUT2D eigenvalue weighted by Crippen LogP contribution is -2.36. The van der Waals surface area contributed by atoms with Crippen LogP contribution < -0.4 is 20.7 Å². The van der Waals surface area contributed by atoms with Gasteiger partial charge in [0, 0.05) is 35.1 Å². The molecular weight excluding hydrogens is 482 g/mol. The van der Waals surface area contributed by atoms with Gasteiger partial charge in [-0.05, 0) is 53.2 Å². The first kappa shape index (κ1) is 23.1. The van der Waals surface area contributed by atoms with Crippen LogP contribution in [0.25, 0.3) is 11.1 Å². The molecule has 0 aliphatic carbocycles. The fourth-order valence-electron chi connectivity index (χ4n) is 3.48. The fourth-order valence-corrected chi connectivity index (χ4v) is 3.61. The first-order valence-electron chi connectivity index (χ1n) is 10.9. The molecule has 0 atom stereocenters. The Bertz CT molecular complexity index is 1570. The van der Waals surface area contributed by atoms with Crippen molar-refractivity contribution in [2.45, 2.75) is 6.54 Å². The van der Waals surface area contributed by atoms with Crippen LogP contribution in [0.2, 0.25) is 5.02 Å². The number of methoxy groups -OCH3 is 1. The minimum atomic E-state index is -0.222. The maximum Gasteiger partial charge on any atom is 0.263 e. The molecule has 180 valence electrons. The molecule has 5 aromatic rings. The average Bonchev–Trinajstić information content (AvgIpc) is 3.42. The summed E-state index contributed by atoms with van der Waals surface area (Å²) in [5.74, 6) is 1.40. The Morgan fingerprint density at radius 3 is 2.50 bits per heavy atom. The largest absolute Gasteiger partial charge is 0.481 e. The topological polar surface area (TPSA) is 108 Å². The smallest absolute Gasteiger partial charge is 0.263 e. The van der Waals surface area contributed by atoms with Gasteiger partial charge in [-0.1, -0.05) is 23.7 Å². The minimum Gasteiger partial charge on any atom is -0.481 e. The van der Waals surface area contributed by atoms with Crippen molar-refractivity contribution in [3.63, 3.8) is 0 Å². The average molecular weight is 502 g/mol. The van der Waals surface area contributed by atoms with E-state index in [1.807, 2.05) is 12.1 Å². The fraction of sp³-hybridized carbons (Fsp3) is 0.0769. The highest BCUT2D eigenvalue weighted by molar-refractivity contribution is 6.30. The lowest BCUT2D eigenvalue weighted by molar-refractivity contribution is 0.367. The van der Waals surface area contributed by atoms with Crippen molar-refractivity contribution in [2.24, 2.45) is 4.99 Å². The molecule has 0 aliphatic rings. The molecule has 0 aliphatic heterocycles. The lowest BCUT2D eigenvalue weighted by atomic mass is 10.1. The molecule has 0 bridgehead atoms. The molecule has 9 nitrogen and oxygen atoms in total. The SMILES string of the molecule is COc1ccc(-c2c[nH]/c(=N\c3ccc(Oc4ccon4)cc3)n(Cc3ccc(Cl)cc3)c2=O)cn1. The van der Waals surface area contributed by atoms with Gasteiger partial charge in [0.15, 0.2) is 0 Å². The summed E-state index contributed by atoms with van der Waals surface area (Å²) in [5, 5.41) is 4.35. The van der Waals surface area contributed by atoms with E-state index < -0.39 is 0 Å². The molecule has 3 aromatic heterocycles.